The molecule has 2 rings (SSSR count). The third-order valence-corrected chi connectivity index (χ3v) is 6.08. The number of hydrogen-bond donors (Lipinski definition) is 3. The normalized spacial score (nSPS) is 24.6. The quantitative estimate of drug-likeness (QED) is 0.702. The van der Waals surface area contributed by atoms with E-state index in [0.29, 0.717) is 28.9 Å². The molecule has 134 valence electrons. The van der Waals surface area contributed by atoms with Crippen molar-refractivity contribution in [3.05, 3.63) is 24.3 Å². The fourth-order valence-electron chi connectivity index (χ4n) is 2.99. The van der Waals surface area contributed by atoms with Crippen LogP contribution in [-0.2, 0) is 10.0 Å². The lowest BCUT2D eigenvalue weighted by atomic mass is 9.95. The maximum Gasteiger partial charge on any atom is 0.242 e. The van der Waals surface area contributed by atoms with Gasteiger partial charge in [-0.2, -0.15) is 0 Å². The Labute approximate surface area is 150 Å². The van der Waals surface area contributed by atoms with Crippen LogP contribution >= 0.6 is 12.2 Å². The number of benzene rings is 1. The van der Waals surface area contributed by atoms with E-state index in [-0.39, 0.29) is 4.90 Å². The molecule has 1 aliphatic rings. The molecule has 0 spiro atoms. The Morgan fingerprint density at radius 2 is 1.88 bits per heavy atom. The van der Waals surface area contributed by atoms with Gasteiger partial charge in [-0.05, 0) is 57.1 Å². The first-order valence-electron chi connectivity index (χ1n) is 8.04. The molecule has 1 aliphatic heterocycles. The predicted molar refractivity (Wildman–Crippen MR) is 102 cm³/mol. The van der Waals surface area contributed by atoms with E-state index in [2.05, 4.69) is 29.8 Å². The second-order valence-electron chi connectivity index (χ2n) is 6.55. The smallest absolute Gasteiger partial charge is 0.242 e. The second kappa shape index (κ2) is 7.77. The third kappa shape index (κ3) is 4.89. The van der Waals surface area contributed by atoms with Gasteiger partial charge in [-0.3, -0.25) is 0 Å². The first-order chi connectivity index (χ1) is 11.2. The zero-order valence-corrected chi connectivity index (χ0v) is 16.2. The molecule has 1 fully saturated rings. The molecule has 0 saturated carbocycles. The van der Waals surface area contributed by atoms with Crippen molar-refractivity contribution in [1.29, 1.82) is 0 Å². The van der Waals surface area contributed by atoms with Gasteiger partial charge in [-0.1, -0.05) is 6.07 Å². The monoisotopic (exact) mass is 370 g/mol. The number of thiocarbonyl (C=S) groups is 1. The molecular formula is C16H26N4O2S2. The lowest BCUT2D eigenvalue weighted by molar-refractivity contribution is 0.303. The summed E-state index contributed by atoms with van der Waals surface area (Å²) >= 11 is 5.38. The van der Waals surface area contributed by atoms with E-state index in [1.54, 1.807) is 24.3 Å². The Kier molecular flexibility index (Phi) is 6.19. The van der Waals surface area contributed by atoms with E-state index >= 15 is 0 Å². The first kappa shape index (κ1) is 19.1. The van der Waals surface area contributed by atoms with Crippen LogP contribution in [0.1, 0.15) is 26.7 Å². The summed E-state index contributed by atoms with van der Waals surface area (Å²) in [5.41, 5.74) is 0.658. The molecule has 8 heteroatoms. The molecule has 0 aliphatic carbocycles. The highest BCUT2D eigenvalue weighted by Gasteiger charge is 2.23. The molecule has 0 aromatic heterocycles. The molecule has 0 bridgehead atoms. The minimum absolute atomic E-state index is 0.240. The predicted octanol–water partition coefficient (Wildman–Crippen LogP) is 1.75. The number of sulfonamides is 1. The zero-order chi connectivity index (χ0) is 17.9. The Bertz CT molecular complexity index is 681. The van der Waals surface area contributed by atoms with Crippen LogP contribution in [-0.4, -0.2) is 50.1 Å². The number of hydrogen-bond acceptors (Lipinski definition) is 4. The molecule has 6 nitrogen and oxygen atoms in total. The number of anilines is 1. The summed E-state index contributed by atoms with van der Waals surface area (Å²) in [4.78, 5) is 0.240. The van der Waals surface area contributed by atoms with Crippen LogP contribution in [0.2, 0.25) is 0 Å². The molecule has 1 aromatic rings. The average molecular weight is 371 g/mol. The van der Waals surface area contributed by atoms with Gasteiger partial charge in [-0.15, -0.1) is 0 Å². The van der Waals surface area contributed by atoms with Crippen LogP contribution in [0.4, 0.5) is 5.69 Å². The molecular weight excluding hydrogens is 344 g/mol. The molecule has 1 saturated heterocycles. The lowest BCUT2D eigenvalue weighted by Gasteiger charge is -2.34. The molecule has 0 unspecified atom stereocenters. The minimum Gasteiger partial charge on any atom is -0.360 e. The van der Waals surface area contributed by atoms with Crippen molar-refractivity contribution in [2.45, 2.75) is 49.7 Å². The molecule has 24 heavy (non-hydrogen) atoms. The van der Waals surface area contributed by atoms with E-state index in [4.69, 9.17) is 12.2 Å². The molecule has 1 heterocycles. The summed E-state index contributed by atoms with van der Waals surface area (Å²) in [6, 6.07) is 7.88. The zero-order valence-electron chi connectivity index (χ0n) is 14.5. The van der Waals surface area contributed by atoms with Crippen LogP contribution < -0.4 is 16.0 Å². The van der Waals surface area contributed by atoms with Gasteiger partial charge in [0.2, 0.25) is 10.0 Å². The number of nitrogens with zero attached hydrogens (tertiary/aromatic N) is 1. The molecule has 2 atom stereocenters. The van der Waals surface area contributed by atoms with Crippen LogP contribution in [0.15, 0.2) is 29.2 Å². The topological polar surface area (TPSA) is 73.5 Å². The van der Waals surface area contributed by atoms with Gasteiger partial charge < -0.3 is 16.0 Å². The molecule has 0 amide bonds. The highest BCUT2D eigenvalue weighted by atomic mass is 32.2. The number of rotatable bonds is 4. The average Bonchev–Trinajstić information content (AvgIpc) is 2.45. The highest BCUT2D eigenvalue weighted by Crippen LogP contribution is 2.18. The fraction of sp³-hybridized carbons (Fsp3) is 0.562. The van der Waals surface area contributed by atoms with E-state index in [1.165, 1.54) is 18.4 Å². The maximum absolute atomic E-state index is 12.2. The van der Waals surface area contributed by atoms with Crippen LogP contribution in [0.5, 0.6) is 0 Å². The van der Waals surface area contributed by atoms with Gasteiger partial charge in [0.25, 0.3) is 0 Å². The Morgan fingerprint density at radius 3 is 2.46 bits per heavy atom. The number of nitrogens with one attached hydrogen (secondary N) is 3. The van der Waals surface area contributed by atoms with Crippen molar-refractivity contribution in [2.75, 3.05) is 19.4 Å². The van der Waals surface area contributed by atoms with E-state index in [9.17, 15) is 8.42 Å². The van der Waals surface area contributed by atoms with Crippen LogP contribution in [0.25, 0.3) is 0 Å². The maximum atomic E-state index is 12.2. The SMILES string of the molecule is C[C@H]1CC(NC(=S)Nc2cccc(S(=O)(=O)N(C)C)c2)C[C@H](C)N1. The number of piperidine rings is 1. The van der Waals surface area contributed by atoms with Crippen LogP contribution in [0, 0.1) is 0 Å². The second-order valence-corrected chi connectivity index (χ2v) is 9.11. The van der Waals surface area contributed by atoms with Crippen molar-refractivity contribution in [3.8, 4) is 0 Å². The third-order valence-electron chi connectivity index (χ3n) is 4.05. The summed E-state index contributed by atoms with van der Waals surface area (Å²) in [5, 5.41) is 10.4. The van der Waals surface area contributed by atoms with Gasteiger partial charge in [0.1, 0.15) is 0 Å². The summed E-state index contributed by atoms with van der Waals surface area (Å²) in [7, 11) is -0.426. The van der Waals surface area contributed by atoms with Crippen LogP contribution in [0.3, 0.4) is 0 Å². The highest BCUT2D eigenvalue weighted by molar-refractivity contribution is 7.89. The summed E-state index contributed by atoms with van der Waals surface area (Å²) in [5.74, 6) is 0. The standard InChI is InChI=1S/C16H26N4O2S2/c1-11-8-14(9-12(2)17-11)19-16(23)18-13-6-5-7-15(10-13)24(21,22)20(3)4/h5-7,10-12,14,17H,8-9H2,1-4H3,(H2,18,19,23)/t11-,12-/m0/s1. The van der Waals surface area contributed by atoms with Gasteiger partial charge in [-0.25, -0.2) is 12.7 Å². The molecule has 0 radical (unpaired) electrons. The fourth-order valence-corrected chi connectivity index (χ4v) is 4.22. The van der Waals surface area contributed by atoms with Gasteiger partial charge >= 0.3 is 0 Å². The van der Waals surface area contributed by atoms with Gasteiger partial charge in [0.15, 0.2) is 5.11 Å². The Morgan fingerprint density at radius 1 is 1.25 bits per heavy atom. The van der Waals surface area contributed by atoms with Crippen molar-refractivity contribution in [1.82, 2.24) is 14.9 Å². The van der Waals surface area contributed by atoms with Gasteiger partial charge in [0.05, 0.1) is 4.90 Å². The Hall–Kier alpha value is -1.22. The van der Waals surface area contributed by atoms with E-state index in [0.717, 1.165) is 12.8 Å². The molecule has 1 aromatic carbocycles. The van der Waals surface area contributed by atoms with Crippen molar-refractivity contribution >= 4 is 33.0 Å². The van der Waals surface area contributed by atoms with E-state index < -0.39 is 10.0 Å². The summed E-state index contributed by atoms with van der Waals surface area (Å²) in [6.45, 7) is 4.33. The van der Waals surface area contributed by atoms with Gasteiger partial charge in [0, 0.05) is 37.9 Å². The molecule has 3 N–H and O–H groups in total. The van der Waals surface area contributed by atoms with E-state index in [1.807, 2.05) is 0 Å². The summed E-state index contributed by atoms with van der Waals surface area (Å²) in [6.07, 6.45) is 2.00. The minimum atomic E-state index is -3.46. The Balaban J connectivity index is 2.02. The first-order valence-corrected chi connectivity index (χ1v) is 9.89. The van der Waals surface area contributed by atoms with Crippen molar-refractivity contribution in [3.63, 3.8) is 0 Å². The van der Waals surface area contributed by atoms with Crippen molar-refractivity contribution in [2.24, 2.45) is 0 Å². The lowest BCUT2D eigenvalue weighted by Crippen LogP contribution is -2.51. The van der Waals surface area contributed by atoms with Crippen molar-refractivity contribution < 1.29 is 8.42 Å². The largest absolute Gasteiger partial charge is 0.360 e. The summed E-state index contributed by atoms with van der Waals surface area (Å²) < 4.78 is 25.6.